The number of carbonyl (C=O) groups is 1. The fraction of sp³-hybridized carbons (Fsp3) is 0.647. The van der Waals surface area contributed by atoms with Crippen LogP contribution in [-0.4, -0.2) is 62.0 Å². The molecule has 3 atom stereocenters. The Hall–Kier alpha value is -1.70. The first kappa shape index (κ1) is 17.1. The Kier molecular flexibility index (Phi) is 5.65. The van der Waals surface area contributed by atoms with Crippen LogP contribution in [0.5, 0.6) is 0 Å². The highest BCUT2D eigenvalue weighted by Gasteiger charge is 2.23. The summed E-state index contributed by atoms with van der Waals surface area (Å²) >= 11 is 0. The number of rotatable bonds is 4. The first-order chi connectivity index (χ1) is 11.6. The van der Waals surface area contributed by atoms with E-state index in [-0.39, 0.29) is 18.1 Å². The van der Waals surface area contributed by atoms with E-state index >= 15 is 0 Å². The van der Waals surface area contributed by atoms with Crippen molar-refractivity contribution in [1.82, 2.24) is 15.6 Å². The monoisotopic (exact) mass is 334 g/mol. The van der Waals surface area contributed by atoms with E-state index < -0.39 is 6.10 Å². The first-order valence-electron chi connectivity index (χ1n) is 8.57. The molecule has 0 saturated carbocycles. The van der Waals surface area contributed by atoms with Gasteiger partial charge >= 0.3 is 0 Å². The summed E-state index contributed by atoms with van der Waals surface area (Å²) in [6.07, 6.45) is 1.83. The number of amides is 1. The number of morpholine rings is 2. The fourth-order valence-electron chi connectivity index (χ4n) is 3.11. The number of nitrogens with zero attached hydrogens (tertiary/aromatic N) is 2. The molecule has 3 rings (SSSR count). The van der Waals surface area contributed by atoms with Crippen molar-refractivity contribution in [3.8, 4) is 0 Å². The Labute approximate surface area is 142 Å². The van der Waals surface area contributed by atoms with Crippen molar-refractivity contribution in [2.75, 3.05) is 37.7 Å². The van der Waals surface area contributed by atoms with Gasteiger partial charge in [0.25, 0.3) is 5.91 Å². The number of aromatic nitrogens is 1. The predicted molar refractivity (Wildman–Crippen MR) is 90.9 cm³/mol. The molecule has 0 bridgehead atoms. The summed E-state index contributed by atoms with van der Waals surface area (Å²) in [5.74, 6) is 0.869. The largest absolute Gasteiger partial charge is 0.372 e. The van der Waals surface area contributed by atoms with Gasteiger partial charge in [-0.2, -0.15) is 0 Å². The summed E-state index contributed by atoms with van der Waals surface area (Å²) in [5.41, 5.74) is 0.977. The third kappa shape index (κ3) is 4.43. The van der Waals surface area contributed by atoms with E-state index in [0.717, 1.165) is 31.0 Å². The van der Waals surface area contributed by atoms with Gasteiger partial charge in [-0.25, -0.2) is 4.98 Å². The summed E-state index contributed by atoms with van der Waals surface area (Å²) in [7, 11) is 0. The van der Waals surface area contributed by atoms with Crippen LogP contribution in [0.3, 0.4) is 0 Å². The molecule has 3 unspecified atom stereocenters. The second-order valence-corrected chi connectivity index (χ2v) is 6.47. The lowest BCUT2D eigenvalue weighted by molar-refractivity contribution is -0.134. The van der Waals surface area contributed by atoms with Crippen molar-refractivity contribution in [1.29, 1.82) is 0 Å². The Balaban J connectivity index is 1.51. The maximum absolute atomic E-state index is 12.0. The molecular formula is C17H26N4O3. The van der Waals surface area contributed by atoms with Gasteiger partial charge in [0.1, 0.15) is 11.9 Å². The van der Waals surface area contributed by atoms with Crippen LogP contribution in [0.2, 0.25) is 0 Å². The lowest BCUT2D eigenvalue weighted by Crippen LogP contribution is -2.47. The number of pyridine rings is 1. The van der Waals surface area contributed by atoms with Crippen molar-refractivity contribution in [3.05, 3.63) is 23.9 Å². The second kappa shape index (κ2) is 7.92. The van der Waals surface area contributed by atoms with Gasteiger partial charge in [0.05, 0.1) is 18.8 Å². The molecule has 0 radical (unpaired) electrons. The van der Waals surface area contributed by atoms with Crippen LogP contribution >= 0.6 is 0 Å². The second-order valence-electron chi connectivity index (χ2n) is 6.47. The van der Waals surface area contributed by atoms with Crippen LogP contribution in [0.1, 0.15) is 19.4 Å². The van der Waals surface area contributed by atoms with Crippen LogP contribution in [0.4, 0.5) is 5.82 Å². The number of hydrogen-bond acceptors (Lipinski definition) is 6. The third-order valence-electron chi connectivity index (χ3n) is 4.24. The zero-order chi connectivity index (χ0) is 16.9. The van der Waals surface area contributed by atoms with Gasteiger partial charge in [0.2, 0.25) is 0 Å². The van der Waals surface area contributed by atoms with Gasteiger partial charge in [-0.1, -0.05) is 6.07 Å². The molecule has 1 aromatic rings. The highest BCUT2D eigenvalue weighted by atomic mass is 16.5. The third-order valence-corrected chi connectivity index (χ3v) is 4.24. The molecule has 7 nitrogen and oxygen atoms in total. The molecule has 0 aliphatic carbocycles. The zero-order valence-electron chi connectivity index (χ0n) is 14.3. The van der Waals surface area contributed by atoms with E-state index in [0.29, 0.717) is 19.7 Å². The van der Waals surface area contributed by atoms with Gasteiger partial charge in [-0.3, -0.25) is 4.79 Å². The fourth-order valence-corrected chi connectivity index (χ4v) is 3.11. The Morgan fingerprint density at radius 2 is 2.17 bits per heavy atom. The normalized spacial score (nSPS) is 27.8. The Morgan fingerprint density at radius 1 is 1.38 bits per heavy atom. The molecule has 3 heterocycles. The van der Waals surface area contributed by atoms with Crippen LogP contribution in [0.25, 0.3) is 0 Å². The topological polar surface area (TPSA) is 75.7 Å². The van der Waals surface area contributed by atoms with Gasteiger partial charge in [-0.05, 0) is 25.5 Å². The summed E-state index contributed by atoms with van der Waals surface area (Å²) in [4.78, 5) is 18.8. The van der Waals surface area contributed by atoms with Crippen LogP contribution in [0, 0.1) is 0 Å². The summed E-state index contributed by atoms with van der Waals surface area (Å²) < 4.78 is 11.2. The van der Waals surface area contributed by atoms with Gasteiger partial charge in [0.15, 0.2) is 0 Å². The molecule has 0 aromatic carbocycles. The zero-order valence-corrected chi connectivity index (χ0v) is 14.3. The van der Waals surface area contributed by atoms with Gasteiger partial charge in [-0.15, -0.1) is 0 Å². The van der Waals surface area contributed by atoms with Crippen molar-refractivity contribution in [3.63, 3.8) is 0 Å². The lowest BCUT2D eigenvalue weighted by Gasteiger charge is -2.36. The highest BCUT2D eigenvalue weighted by Crippen LogP contribution is 2.18. The minimum absolute atomic E-state index is 0.0814. The van der Waals surface area contributed by atoms with Crippen LogP contribution < -0.4 is 15.5 Å². The minimum atomic E-state index is -0.401. The average molecular weight is 334 g/mol. The number of hydrogen-bond donors (Lipinski definition) is 2. The molecule has 24 heavy (non-hydrogen) atoms. The first-order valence-corrected chi connectivity index (χ1v) is 8.57. The maximum Gasteiger partial charge on any atom is 0.250 e. The highest BCUT2D eigenvalue weighted by molar-refractivity contribution is 5.81. The Morgan fingerprint density at radius 3 is 2.79 bits per heavy atom. The predicted octanol–water partition coefficient (Wildman–Crippen LogP) is 0.300. The Bertz CT molecular complexity index is 535. The van der Waals surface area contributed by atoms with Gasteiger partial charge < -0.3 is 25.0 Å². The van der Waals surface area contributed by atoms with Crippen molar-refractivity contribution in [2.24, 2.45) is 0 Å². The molecule has 1 aromatic heterocycles. The molecular weight excluding hydrogens is 308 g/mol. The van der Waals surface area contributed by atoms with Crippen molar-refractivity contribution < 1.29 is 14.3 Å². The minimum Gasteiger partial charge on any atom is -0.372 e. The van der Waals surface area contributed by atoms with E-state index in [1.54, 1.807) is 0 Å². The van der Waals surface area contributed by atoms with Crippen LogP contribution in [0.15, 0.2) is 18.3 Å². The number of ether oxygens (including phenoxy) is 2. The molecule has 2 saturated heterocycles. The molecule has 1 amide bonds. The molecule has 2 aliphatic heterocycles. The van der Waals surface area contributed by atoms with E-state index in [1.165, 1.54) is 0 Å². The number of nitrogens with one attached hydrogen (secondary N) is 2. The van der Waals surface area contributed by atoms with E-state index in [9.17, 15) is 4.79 Å². The number of carbonyl (C=O) groups excluding carboxylic acids is 1. The quantitative estimate of drug-likeness (QED) is 0.825. The lowest BCUT2D eigenvalue weighted by atomic mass is 10.2. The molecule has 2 fully saturated rings. The molecule has 7 heteroatoms. The SMILES string of the molecule is CC1CN(c2ccc(CNC(=O)C3CNCCO3)cn2)CC(C)O1. The van der Waals surface area contributed by atoms with Gasteiger partial charge in [0, 0.05) is 38.9 Å². The smallest absolute Gasteiger partial charge is 0.250 e. The standard InChI is InChI=1S/C17H26N4O3/c1-12-10-21(11-13(2)24-12)16-4-3-14(7-19-16)8-20-17(22)15-9-18-5-6-23-15/h3-4,7,12-13,15,18H,5-6,8-11H2,1-2H3,(H,20,22). The van der Waals surface area contributed by atoms with E-state index in [4.69, 9.17) is 9.47 Å². The van der Waals surface area contributed by atoms with E-state index in [1.807, 2.05) is 18.3 Å². The molecule has 2 N–H and O–H groups in total. The summed E-state index contributed by atoms with van der Waals surface area (Å²) in [5, 5.41) is 6.06. The average Bonchev–Trinajstić information content (AvgIpc) is 2.60. The van der Waals surface area contributed by atoms with Crippen molar-refractivity contribution >= 4 is 11.7 Å². The van der Waals surface area contributed by atoms with Crippen molar-refractivity contribution in [2.45, 2.75) is 38.7 Å². The molecule has 2 aliphatic rings. The summed E-state index contributed by atoms with van der Waals surface area (Å²) in [6.45, 7) is 8.25. The number of anilines is 1. The van der Waals surface area contributed by atoms with Crippen LogP contribution in [-0.2, 0) is 20.8 Å². The summed E-state index contributed by atoms with van der Waals surface area (Å²) in [6, 6.07) is 4.01. The molecule has 0 spiro atoms. The molecule has 132 valence electrons. The maximum atomic E-state index is 12.0. The van der Waals surface area contributed by atoms with E-state index in [2.05, 4.69) is 34.4 Å².